The number of methoxy groups -OCH3 is 1. The molecule has 4 nitrogen and oxygen atoms in total. The highest BCUT2D eigenvalue weighted by molar-refractivity contribution is 5.39. The van der Waals surface area contributed by atoms with Gasteiger partial charge < -0.3 is 18.9 Å². The van der Waals surface area contributed by atoms with Crippen LogP contribution in [0.25, 0.3) is 0 Å². The number of hydrogen-bond donors (Lipinski definition) is 0. The van der Waals surface area contributed by atoms with E-state index in [-0.39, 0.29) is 18.1 Å². The number of rotatable bonds is 5. The highest BCUT2D eigenvalue weighted by atomic mass is 19.3. The van der Waals surface area contributed by atoms with Gasteiger partial charge in [0.05, 0.1) is 11.2 Å². The van der Waals surface area contributed by atoms with Crippen LogP contribution in [0.1, 0.15) is 51.5 Å². The van der Waals surface area contributed by atoms with E-state index in [4.69, 9.17) is 18.9 Å². The highest BCUT2D eigenvalue weighted by Crippen LogP contribution is 2.47. The van der Waals surface area contributed by atoms with E-state index in [0.29, 0.717) is 5.56 Å². The normalized spacial score (nSPS) is 20.5. The molecule has 2 rings (SSSR count). The lowest BCUT2D eigenvalue weighted by atomic mass is 9.90. The molecule has 1 aromatic rings. The first-order chi connectivity index (χ1) is 10.2. The van der Waals surface area contributed by atoms with Crippen LogP contribution in [0.2, 0.25) is 0 Å². The predicted octanol–water partition coefficient (Wildman–Crippen LogP) is 4.21. The van der Waals surface area contributed by atoms with Gasteiger partial charge in [-0.15, -0.1) is 0 Å². The molecule has 0 aliphatic carbocycles. The second-order valence-corrected chi connectivity index (χ2v) is 6.24. The van der Waals surface area contributed by atoms with Crippen molar-refractivity contribution >= 4 is 0 Å². The van der Waals surface area contributed by atoms with Crippen molar-refractivity contribution in [2.24, 2.45) is 0 Å². The molecule has 0 radical (unpaired) electrons. The lowest BCUT2D eigenvalue weighted by Crippen LogP contribution is -2.41. The van der Waals surface area contributed by atoms with E-state index in [0.717, 1.165) is 0 Å². The van der Waals surface area contributed by atoms with Gasteiger partial charge in [-0.3, -0.25) is 0 Å². The summed E-state index contributed by atoms with van der Waals surface area (Å²) in [5, 5.41) is 0. The maximum absolute atomic E-state index is 12.9. The zero-order valence-corrected chi connectivity index (χ0v) is 13.5. The van der Waals surface area contributed by atoms with Crippen molar-refractivity contribution < 1.29 is 27.7 Å². The molecular formula is C16H22F2O4. The molecule has 0 saturated carbocycles. The summed E-state index contributed by atoms with van der Waals surface area (Å²) in [5.41, 5.74) is -0.582. The van der Waals surface area contributed by atoms with Gasteiger partial charge in [0.15, 0.2) is 13.1 Å². The summed E-state index contributed by atoms with van der Waals surface area (Å²) in [7, 11) is 1.46. The summed E-state index contributed by atoms with van der Waals surface area (Å²) in [6.45, 7) is 7.66. The third-order valence-electron chi connectivity index (χ3n) is 4.13. The first-order valence-corrected chi connectivity index (χ1v) is 7.07. The second-order valence-electron chi connectivity index (χ2n) is 6.24. The molecule has 1 aromatic carbocycles. The number of halogens is 2. The minimum Gasteiger partial charge on any atom is -0.467 e. The van der Waals surface area contributed by atoms with E-state index in [9.17, 15) is 8.78 Å². The van der Waals surface area contributed by atoms with Crippen molar-refractivity contribution in [2.75, 3.05) is 13.9 Å². The molecule has 0 bridgehead atoms. The fourth-order valence-corrected chi connectivity index (χ4v) is 2.10. The van der Waals surface area contributed by atoms with Gasteiger partial charge in [-0.2, -0.15) is 0 Å². The first-order valence-electron chi connectivity index (χ1n) is 7.07. The lowest BCUT2D eigenvalue weighted by molar-refractivity contribution is -0.0917. The molecule has 0 N–H and O–H groups in total. The zero-order valence-electron chi connectivity index (χ0n) is 13.5. The minimum absolute atomic E-state index is 0.0425. The molecule has 1 saturated heterocycles. The summed E-state index contributed by atoms with van der Waals surface area (Å²) in [4.78, 5) is 0. The average Bonchev–Trinajstić information content (AvgIpc) is 2.64. The molecule has 0 amide bonds. The van der Waals surface area contributed by atoms with Gasteiger partial charge in [0, 0.05) is 18.2 Å². The van der Waals surface area contributed by atoms with Gasteiger partial charge in [-0.1, -0.05) is 6.07 Å². The largest absolute Gasteiger partial charge is 0.467 e. The van der Waals surface area contributed by atoms with Crippen molar-refractivity contribution in [3.63, 3.8) is 0 Å². The van der Waals surface area contributed by atoms with Crippen LogP contribution in [0.3, 0.4) is 0 Å². The van der Waals surface area contributed by atoms with Gasteiger partial charge in [0.2, 0.25) is 0 Å². The molecule has 0 atom stereocenters. The number of benzene rings is 1. The summed E-state index contributed by atoms with van der Waals surface area (Å²) < 4.78 is 47.9. The molecular weight excluding hydrogens is 294 g/mol. The van der Waals surface area contributed by atoms with Crippen molar-refractivity contribution in [3.05, 3.63) is 29.3 Å². The standard InChI is InChI=1S/C16H22F2O4/c1-15(2)16(3,4)22-14(21-15)11-7-6-10(13(17)18)8-12(11)20-9-19-5/h6-8,13-14H,9H2,1-5H3. The summed E-state index contributed by atoms with van der Waals surface area (Å²) in [6.07, 6.45) is -3.25. The topological polar surface area (TPSA) is 36.9 Å². The van der Waals surface area contributed by atoms with Crippen LogP contribution in [0.4, 0.5) is 8.78 Å². The third kappa shape index (κ3) is 3.24. The Morgan fingerprint density at radius 3 is 2.23 bits per heavy atom. The highest BCUT2D eigenvalue weighted by Gasteiger charge is 2.50. The Hall–Kier alpha value is -1.24. The van der Waals surface area contributed by atoms with Crippen LogP contribution in [-0.4, -0.2) is 25.1 Å². The van der Waals surface area contributed by atoms with Crippen molar-refractivity contribution in [3.8, 4) is 5.75 Å². The Morgan fingerprint density at radius 2 is 1.73 bits per heavy atom. The van der Waals surface area contributed by atoms with Crippen LogP contribution in [0.5, 0.6) is 5.75 Å². The maximum Gasteiger partial charge on any atom is 0.263 e. The van der Waals surface area contributed by atoms with E-state index in [1.54, 1.807) is 6.07 Å². The van der Waals surface area contributed by atoms with Gasteiger partial charge >= 0.3 is 0 Å². The molecule has 1 aliphatic rings. The molecule has 6 heteroatoms. The molecule has 0 aromatic heterocycles. The molecule has 1 fully saturated rings. The SMILES string of the molecule is COCOc1cc(C(F)F)ccc1C1OC(C)(C)C(C)(C)O1. The van der Waals surface area contributed by atoms with Crippen molar-refractivity contribution in [1.82, 2.24) is 0 Å². The minimum atomic E-state index is -2.57. The maximum atomic E-state index is 12.9. The third-order valence-corrected chi connectivity index (χ3v) is 4.13. The fourth-order valence-electron chi connectivity index (χ4n) is 2.10. The van der Waals surface area contributed by atoms with Gasteiger partial charge in [-0.05, 0) is 39.8 Å². The van der Waals surface area contributed by atoms with Crippen LogP contribution in [-0.2, 0) is 14.2 Å². The molecule has 124 valence electrons. The predicted molar refractivity (Wildman–Crippen MR) is 77.0 cm³/mol. The Balaban J connectivity index is 2.34. The van der Waals surface area contributed by atoms with E-state index < -0.39 is 23.9 Å². The van der Waals surface area contributed by atoms with Crippen LogP contribution in [0, 0.1) is 0 Å². The summed E-state index contributed by atoms with van der Waals surface area (Å²) in [5.74, 6) is 0.276. The quantitative estimate of drug-likeness (QED) is 0.763. The molecule has 22 heavy (non-hydrogen) atoms. The van der Waals surface area contributed by atoms with Crippen LogP contribution >= 0.6 is 0 Å². The van der Waals surface area contributed by atoms with Crippen molar-refractivity contribution in [2.45, 2.75) is 51.6 Å². The fraction of sp³-hybridized carbons (Fsp3) is 0.625. The molecule has 0 unspecified atom stereocenters. The lowest BCUT2D eigenvalue weighted by Gasteiger charge is -2.30. The molecule has 1 heterocycles. The number of alkyl halides is 2. The molecule has 0 spiro atoms. The van der Waals surface area contributed by atoms with Gasteiger partial charge in [-0.25, -0.2) is 8.78 Å². The van der Waals surface area contributed by atoms with E-state index in [2.05, 4.69) is 0 Å². The Morgan fingerprint density at radius 1 is 1.14 bits per heavy atom. The van der Waals surface area contributed by atoms with Crippen molar-refractivity contribution in [1.29, 1.82) is 0 Å². The van der Waals surface area contributed by atoms with E-state index >= 15 is 0 Å². The van der Waals surface area contributed by atoms with E-state index in [1.165, 1.54) is 19.2 Å². The number of hydrogen-bond acceptors (Lipinski definition) is 4. The first kappa shape index (κ1) is 17.1. The average molecular weight is 316 g/mol. The smallest absolute Gasteiger partial charge is 0.263 e. The number of ether oxygens (including phenoxy) is 4. The Bertz CT molecular complexity index is 513. The van der Waals surface area contributed by atoms with Gasteiger partial charge in [0.25, 0.3) is 6.43 Å². The Kier molecular flexibility index (Phi) is 4.75. The molecule has 1 aliphatic heterocycles. The zero-order chi connectivity index (χ0) is 16.5. The summed E-state index contributed by atoms with van der Waals surface area (Å²) in [6, 6.07) is 4.20. The van der Waals surface area contributed by atoms with Crippen LogP contribution < -0.4 is 4.74 Å². The second kappa shape index (κ2) is 6.10. The van der Waals surface area contributed by atoms with Crippen LogP contribution in [0.15, 0.2) is 18.2 Å². The van der Waals surface area contributed by atoms with Gasteiger partial charge in [0.1, 0.15) is 5.75 Å². The van der Waals surface area contributed by atoms with E-state index in [1.807, 2.05) is 27.7 Å². The Labute approximate surface area is 129 Å². The monoisotopic (exact) mass is 316 g/mol. The summed E-state index contributed by atoms with van der Waals surface area (Å²) >= 11 is 0.